The van der Waals surface area contributed by atoms with Crippen LogP contribution in [0.25, 0.3) is 32.9 Å². The monoisotopic (exact) mass is 665 g/mol. The van der Waals surface area contributed by atoms with Gasteiger partial charge in [0.1, 0.15) is 29.5 Å². The molecule has 2 unspecified atom stereocenters. The molecule has 4 saturated heterocycles. The van der Waals surface area contributed by atoms with Crippen LogP contribution < -0.4 is 15.0 Å². The molecule has 4 fully saturated rings. The van der Waals surface area contributed by atoms with E-state index in [2.05, 4.69) is 49.8 Å². The number of hydrogen-bond acceptors (Lipinski definition) is 8. The van der Waals surface area contributed by atoms with Crippen LogP contribution in [0.5, 0.6) is 6.01 Å². The first-order chi connectivity index (χ1) is 23.8. The Morgan fingerprint density at radius 1 is 1.00 bits per heavy atom. The smallest absolute Gasteiger partial charge is 0.319 e. The van der Waals surface area contributed by atoms with Crippen molar-refractivity contribution in [1.82, 2.24) is 30.1 Å². The number of anilines is 1. The van der Waals surface area contributed by atoms with Gasteiger partial charge in [-0.2, -0.15) is 9.97 Å². The van der Waals surface area contributed by atoms with Crippen molar-refractivity contribution >= 4 is 27.5 Å². The fourth-order valence-electron chi connectivity index (χ4n) is 8.71. The predicted octanol–water partition coefficient (Wildman–Crippen LogP) is 6.01. The third-order valence-corrected chi connectivity index (χ3v) is 11.7. The normalized spacial score (nSPS) is 22.7. The largest absolute Gasteiger partial charge is 0.462 e. The lowest BCUT2D eigenvalue weighted by Gasteiger charge is -2.47. The number of fused-ring (bicyclic) bond motifs is 4. The third kappa shape index (κ3) is 6.11. The molecule has 4 aromatic rings. The summed E-state index contributed by atoms with van der Waals surface area (Å²) in [5.74, 6) is 1.97. The fraction of sp³-hybridized carbons (Fsp3) is 0.513. The summed E-state index contributed by atoms with van der Waals surface area (Å²) in [5, 5.41) is 5.36. The molecule has 6 heterocycles. The van der Waals surface area contributed by atoms with Crippen molar-refractivity contribution < 1.29 is 13.5 Å². The van der Waals surface area contributed by atoms with Gasteiger partial charge in [0.15, 0.2) is 5.82 Å². The minimum absolute atomic E-state index is 0.0673. The van der Waals surface area contributed by atoms with Crippen molar-refractivity contribution in [3.05, 3.63) is 53.7 Å². The number of aromatic nitrogens is 3. The van der Waals surface area contributed by atoms with E-state index in [9.17, 15) is 4.39 Å². The molecule has 4 aliphatic rings. The van der Waals surface area contributed by atoms with Crippen molar-refractivity contribution in [2.24, 2.45) is 5.41 Å². The summed E-state index contributed by atoms with van der Waals surface area (Å²) in [7, 11) is 0. The molecule has 256 valence electrons. The van der Waals surface area contributed by atoms with Crippen LogP contribution in [0.15, 0.2) is 36.5 Å². The molecule has 0 aliphatic carbocycles. The number of nitrogens with one attached hydrogen (secondary N) is 1. The zero-order valence-corrected chi connectivity index (χ0v) is 28.5. The summed E-state index contributed by atoms with van der Waals surface area (Å²) in [5.41, 5.74) is 1.19. The molecule has 1 spiro atoms. The van der Waals surface area contributed by atoms with Gasteiger partial charge in [-0.25, -0.2) is 8.78 Å². The third-order valence-electron chi connectivity index (χ3n) is 11.7. The summed E-state index contributed by atoms with van der Waals surface area (Å²) in [6.07, 6.45) is 14.6. The zero-order chi connectivity index (χ0) is 33.7. The molecular weight excluding hydrogens is 620 g/mol. The predicted molar refractivity (Wildman–Crippen MR) is 190 cm³/mol. The fourth-order valence-corrected chi connectivity index (χ4v) is 8.71. The first-order valence-electron chi connectivity index (χ1n) is 18.0. The van der Waals surface area contributed by atoms with E-state index in [4.69, 9.17) is 16.1 Å². The van der Waals surface area contributed by atoms with E-state index < -0.39 is 11.6 Å². The maximum atomic E-state index is 16.8. The number of rotatable bonds is 7. The van der Waals surface area contributed by atoms with E-state index in [-0.39, 0.29) is 22.8 Å². The molecule has 2 bridgehead atoms. The molecule has 8 rings (SSSR count). The van der Waals surface area contributed by atoms with E-state index in [1.54, 1.807) is 24.4 Å². The summed E-state index contributed by atoms with van der Waals surface area (Å²) in [6.45, 7) is 11.8. The lowest BCUT2D eigenvalue weighted by molar-refractivity contribution is 0.0217. The van der Waals surface area contributed by atoms with Gasteiger partial charge < -0.3 is 19.9 Å². The van der Waals surface area contributed by atoms with Crippen LogP contribution in [0.2, 0.25) is 0 Å². The van der Waals surface area contributed by atoms with E-state index in [1.165, 1.54) is 44.8 Å². The molecule has 0 saturated carbocycles. The Bertz CT molecular complexity index is 1900. The van der Waals surface area contributed by atoms with E-state index in [0.717, 1.165) is 45.6 Å². The summed E-state index contributed by atoms with van der Waals surface area (Å²) >= 11 is 0. The van der Waals surface area contributed by atoms with Crippen molar-refractivity contribution in [3.63, 3.8) is 0 Å². The first kappa shape index (κ1) is 32.3. The molecule has 49 heavy (non-hydrogen) atoms. The maximum Gasteiger partial charge on any atom is 0.319 e. The van der Waals surface area contributed by atoms with Gasteiger partial charge >= 0.3 is 6.01 Å². The van der Waals surface area contributed by atoms with Crippen molar-refractivity contribution in [2.75, 3.05) is 57.3 Å². The SMILES string of the molecule is C#Cc1c(F)ccc2cccc(-c3ncc4c(N5CC6CCC(C5)N6)nc(OCCN5CCC6(CC5)CCN(C(C)C)CC6)nc4c3F)c12. The van der Waals surface area contributed by atoms with Crippen LogP contribution in [0, 0.1) is 29.4 Å². The molecule has 4 aliphatic heterocycles. The maximum absolute atomic E-state index is 16.8. The quantitative estimate of drug-likeness (QED) is 0.241. The number of piperidine rings is 2. The standard InChI is InChI=1S/C39H45F2N7O/c1-4-29-32(40)11-8-26-6-5-7-30(33(26)29)35-34(41)36-31(22-42-35)37(48-23-27-9-10-28(24-48)43-27)45-38(44-36)49-21-20-46-16-12-39(13-17-46)14-18-47(19-15-39)25(2)3/h1,5-8,11,22,25,27-28,43H,9-10,12-21,23-24H2,2-3H3. The Morgan fingerprint density at radius 3 is 2.45 bits per heavy atom. The highest BCUT2D eigenvalue weighted by atomic mass is 19.1. The number of pyridine rings is 1. The van der Waals surface area contributed by atoms with Crippen LogP contribution in [0.3, 0.4) is 0 Å². The lowest BCUT2D eigenvalue weighted by Crippen LogP contribution is -2.51. The number of likely N-dealkylation sites (tertiary alicyclic amines) is 2. The number of hydrogen-bond donors (Lipinski definition) is 1. The van der Waals surface area contributed by atoms with E-state index in [0.29, 0.717) is 57.7 Å². The number of halogens is 2. The van der Waals surface area contributed by atoms with Gasteiger partial charge in [0, 0.05) is 54.9 Å². The molecule has 0 amide bonds. The van der Waals surface area contributed by atoms with Crippen molar-refractivity contribution in [1.29, 1.82) is 0 Å². The van der Waals surface area contributed by atoms with Crippen LogP contribution >= 0.6 is 0 Å². The first-order valence-corrected chi connectivity index (χ1v) is 18.0. The zero-order valence-electron chi connectivity index (χ0n) is 28.5. The highest BCUT2D eigenvalue weighted by Crippen LogP contribution is 2.42. The van der Waals surface area contributed by atoms with Gasteiger partial charge in [-0.1, -0.05) is 30.2 Å². The number of benzene rings is 2. The highest BCUT2D eigenvalue weighted by Gasteiger charge is 2.38. The molecule has 8 nitrogen and oxygen atoms in total. The molecule has 2 aromatic carbocycles. The Morgan fingerprint density at radius 2 is 1.73 bits per heavy atom. The van der Waals surface area contributed by atoms with Gasteiger partial charge in [-0.05, 0) is 95.4 Å². The summed E-state index contributed by atoms with van der Waals surface area (Å²) < 4.78 is 37.8. The number of piperazine rings is 1. The van der Waals surface area contributed by atoms with Gasteiger partial charge in [0.05, 0.1) is 10.9 Å². The van der Waals surface area contributed by atoms with Crippen LogP contribution in [0.1, 0.15) is 57.9 Å². The minimum Gasteiger partial charge on any atom is -0.462 e. The average molecular weight is 666 g/mol. The number of terminal acetylenes is 1. The molecule has 10 heteroatoms. The Labute approximate surface area is 287 Å². The molecular formula is C39H45F2N7O. The average Bonchev–Trinajstić information content (AvgIpc) is 3.46. The van der Waals surface area contributed by atoms with Gasteiger partial charge in [0.25, 0.3) is 0 Å². The Kier molecular flexibility index (Phi) is 8.63. The molecule has 1 N–H and O–H groups in total. The van der Waals surface area contributed by atoms with Crippen LogP contribution in [-0.4, -0.2) is 95.3 Å². The second-order valence-corrected chi connectivity index (χ2v) is 14.8. The molecule has 0 radical (unpaired) electrons. The Hall–Kier alpha value is -3.91. The highest BCUT2D eigenvalue weighted by molar-refractivity contribution is 6.02. The van der Waals surface area contributed by atoms with Crippen LogP contribution in [0.4, 0.5) is 14.6 Å². The van der Waals surface area contributed by atoms with Gasteiger partial charge in [-0.3, -0.25) is 9.88 Å². The second-order valence-electron chi connectivity index (χ2n) is 14.8. The van der Waals surface area contributed by atoms with Crippen molar-refractivity contribution in [2.45, 2.75) is 70.5 Å². The summed E-state index contributed by atoms with van der Waals surface area (Å²) in [4.78, 5) is 21.4. The van der Waals surface area contributed by atoms with Crippen molar-refractivity contribution in [3.8, 4) is 29.6 Å². The minimum atomic E-state index is -0.603. The van der Waals surface area contributed by atoms with Crippen LogP contribution in [-0.2, 0) is 0 Å². The summed E-state index contributed by atoms with van der Waals surface area (Å²) in [6, 6.07) is 9.85. The number of nitrogens with zero attached hydrogens (tertiary/aromatic N) is 6. The lowest BCUT2D eigenvalue weighted by atomic mass is 9.71. The molecule has 2 atom stereocenters. The van der Waals surface area contributed by atoms with E-state index in [1.807, 2.05) is 6.07 Å². The number of ether oxygens (including phenoxy) is 1. The van der Waals surface area contributed by atoms with Gasteiger partial charge in [-0.15, -0.1) is 6.42 Å². The Balaban J connectivity index is 1.07. The van der Waals surface area contributed by atoms with E-state index >= 15 is 4.39 Å². The molecule has 2 aromatic heterocycles. The van der Waals surface area contributed by atoms with Gasteiger partial charge in [0.2, 0.25) is 0 Å². The second kappa shape index (κ2) is 13.1. The topological polar surface area (TPSA) is 69.7 Å².